The number of carboxylic acids is 2. The number of carbonyl (C=O) groups excluding carboxylic acids is 3. The Bertz CT molecular complexity index is 612. The molecule has 3 atom stereocenters. The molecule has 0 fully saturated rings. The molecule has 0 bridgehead atoms. The fourth-order valence-electron chi connectivity index (χ4n) is 2.63. The Hall–Kier alpha value is -2.73. The average Bonchev–Trinajstić information content (AvgIpc) is 2.64. The van der Waals surface area contributed by atoms with E-state index in [1.807, 2.05) is 0 Å². The zero-order valence-corrected chi connectivity index (χ0v) is 17.3. The van der Waals surface area contributed by atoms with Gasteiger partial charge in [0.05, 0.1) is 13.0 Å². The highest BCUT2D eigenvalue weighted by Crippen LogP contribution is 2.08. The second kappa shape index (κ2) is 14.3. The molecule has 9 N–H and O–H groups in total. The van der Waals surface area contributed by atoms with Gasteiger partial charge in [-0.15, -0.1) is 0 Å². The van der Waals surface area contributed by atoms with Gasteiger partial charge < -0.3 is 37.6 Å². The largest absolute Gasteiger partial charge is 0.481 e. The van der Waals surface area contributed by atoms with Gasteiger partial charge in [0, 0.05) is 0 Å². The molecular weight excluding hydrogens is 398 g/mol. The van der Waals surface area contributed by atoms with E-state index in [9.17, 15) is 29.1 Å². The van der Waals surface area contributed by atoms with E-state index in [1.165, 1.54) is 0 Å². The summed E-state index contributed by atoms with van der Waals surface area (Å²) in [5, 5.41) is 25.3. The van der Waals surface area contributed by atoms with Crippen molar-refractivity contribution in [3.63, 3.8) is 0 Å². The lowest BCUT2D eigenvalue weighted by Gasteiger charge is -2.25. The van der Waals surface area contributed by atoms with Crippen LogP contribution >= 0.6 is 0 Å². The summed E-state index contributed by atoms with van der Waals surface area (Å²) in [6.07, 6.45) is 0.751. The number of hydrogen-bond donors (Lipinski definition) is 7. The van der Waals surface area contributed by atoms with E-state index in [0.29, 0.717) is 19.4 Å². The molecule has 0 aromatic carbocycles. The predicted octanol–water partition coefficient (Wildman–Crippen LogP) is -1.87. The van der Waals surface area contributed by atoms with E-state index in [2.05, 4.69) is 16.0 Å². The minimum absolute atomic E-state index is 0.0434. The molecule has 3 amide bonds. The molecule has 0 spiro atoms. The van der Waals surface area contributed by atoms with E-state index >= 15 is 0 Å². The Morgan fingerprint density at radius 2 is 1.40 bits per heavy atom. The minimum atomic E-state index is -1.43. The molecule has 0 rings (SSSR count). The Morgan fingerprint density at radius 3 is 1.87 bits per heavy atom. The number of rotatable bonds is 15. The number of carbonyl (C=O) groups is 5. The highest BCUT2D eigenvalue weighted by atomic mass is 16.4. The number of aliphatic carboxylic acids is 2. The molecule has 0 saturated heterocycles. The molecule has 0 aliphatic rings. The third kappa shape index (κ3) is 11.3. The second-order valence-electron chi connectivity index (χ2n) is 7.30. The Balaban J connectivity index is 5.31. The standard InChI is InChI=1S/C18H33N5O7/c1-10(2)7-12(16(27)22-11(18(29)30)5-3-4-6-19)23-17(28)13(8-15(25)26)21-14(24)9-20/h10-13H,3-9,19-20H2,1-2H3,(H,21,24)(H,22,27)(H,23,28)(H,25,26)(H,29,30). The summed E-state index contributed by atoms with van der Waals surface area (Å²) in [6.45, 7) is 3.55. The minimum Gasteiger partial charge on any atom is -0.481 e. The van der Waals surface area contributed by atoms with Crippen molar-refractivity contribution in [3.05, 3.63) is 0 Å². The van der Waals surface area contributed by atoms with Crippen LogP contribution in [0.5, 0.6) is 0 Å². The van der Waals surface area contributed by atoms with Crippen molar-refractivity contribution in [1.29, 1.82) is 0 Å². The van der Waals surface area contributed by atoms with E-state index in [-0.39, 0.29) is 18.8 Å². The fourth-order valence-corrected chi connectivity index (χ4v) is 2.63. The van der Waals surface area contributed by atoms with Crippen LogP contribution in [0.25, 0.3) is 0 Å². The molecule has 0 saturated carbocycles. The van der Waals surface area contributed by atoms with Crippen LogP contribution in [0.1, 0.15) is 46.0 Å². The van der Waals surface area contributed by atoms with Gasteiger partial charge in [0.15, 0.2) is 0 Å². The van der Waals surface area contributed by atoms with Gasteiger partial charge in [-0.25, -0.2) is 4.79 Å². The topological polar surface area (TPSA) is 214 Å². The number of amides is 3. The van der Waals surface area contributed by atoms with Gasteiger partial charge in [0.1, 0.15) is 18.1 Å². The molecule has 12 nitrogen and oxygen atoms in total. The van der Waals surface area contributed by atoms with E-state index in [4.69, 9.17) is 16.6 Å². The highest BCUT2D eigenvalue weighted by molar-refractivity contribution is 5.95. The van der Waals surface area contributed by atoms with Crippen LogP contribution in [-0.2, 0) is 24.0 Å². The number of carboxylic acid groups (broad SMARTS) is 2. The molecule has 0 heterocycles. The average molecular weight is 431 g/mol. The van der Waals surface area contributed by atoms with Crippen molar-refractivity contribution in [2.45, 2.75) is 64.1 Å². The van der Waals surface area contributed by atoms with Gasteiger partial charge in [0.2, 0.25) is 17.7 Å². The number of nitrogens with two attached hydrogens (primary N) is 2. The molecule has 0 aliphatic heterocycles. The van der Waals surface area contributed by atoms with Crippen LogP contribution in [0, 0.1) is 5.92 Å². The Kier molecular flexibility index (Phi) is 13.0. The molecule has 0 aromatic heterocycles. The Morgan fingerprint density at radius 1 is 0.833 bits per heavy atom. The van der Waals surface area contributed by atoms with Crippen LogP contribution in [0.2, 0.25) is 0 Å². The number of nitrogens with one attached hydrogen (secondary N) is 3. The molecule has 0 aliphatic carbocycles. The SMILES string of the molecule is CC(C)CC(NC(=O)C(CC(=O)O)NC(=O)CN)C(=O)NC(CCCCN)C(=O)O. The van der Waals surface area contributed by atoms with Crippen molar-refractivity contribution >= 4 is 29.7 Å². The molecular formula is C18H33N5O7. The molecule has 3 unspecified atom stereocenters. The molecule has 0 aromatic rings. The van der Waals surface area contributed by atoms with Gasteiger partial charge in [-0.3, -0.25) is 19.2 Å². The van der Waals surface area contributed by atoms with Gasteiger partial charge in [-0.2, -0.15) is 0 Å². The third-order valence-corrected chi connectivity index (χ3v) is 4.12. The van der Waals surface area contributed by atoms with Crippen molar-refractivity contribution in [1.82, 2.24) is 16.0 Å². The van der Waals surface area contributed by atoms with Crippen molar-refractivity contribution in [3.8, 4) is 0 Å². The quantitative estimate of drug-likeness (QED) is 0.144. The maximum atomic E-state index is 12.6. The van der Waals surface area contributed by atoms with Crippen LogP contribution in [-0.4, -0.2) is 71.1 Å². The summed E-state index contributed by atoms with van der Waals surface area (Å²) in [6, 6.07) is -3.69. The normalized spacial score (nSPS) is 13.8. The predicted molar refractivity (Wildman–Crippen MR) is 107 cm³/mol. The highest BCUT2D eigenvalue weighted by Gasteiger charge is 2.30. The summed E-state index contributed by atoms with van der Waals surface area (Å²) in [4.78, 5) is 59.1. The van der Waals surface area contributed by atoms with Crippen LogP contribution in [0.4, 0.5) is 0 Å². The zero-order chi connectivity index (χ0) is 23.3. The first-order chi connectivity index (χ1) is 14.0. The summed E-state index contributed by atoms with van der Waals surface area (Å²) >= 11 is 0. The first kappa shape index (κ1) is 27.3. The molecule has 30 heavy (non-hydrogen) atoms. The summed E-state index contributed by atoms with van der Waals surface area (Å²) in [7, 11) is 0. The van der Waals surface area contributed by atoms with E-state index in [1.54, 1.807) is 13.8 Å². The third-order valence-electron chi connectivity index (χ3n) is 4.12. The lowest BCUT2D eigenvalue weighted by molar-refractivity contribution is -0.143. The van der Waals surface area contributed by atoms with Crippen molar-refractivity contribution in [2.75, 3.05) is 13.1 Å². The fraction of sp³-hybridized carbons (Fsp3) is 0.722. The van der Waals surface area contributed by atoms with Gasteiger partial charge in [-0.05, 0) is 38.1 Å². The van der Waals surface area contributed by atoms with Gasteiger partial charge in [-0.1, -0.05) is 13.8 Å². The summed E-state index contributed by atoms with van der Waals surface area (Å²) in [5.74, 6) is -4.91. The smallest absolute Gasteiger partial charge is 0.326 e. The van der Waals surface area contributed by atoms with Gasteiger partial charge in [0.25, 0.3) is 0 Å². The summed E-state index contributed by atoms with van der Waals surface area (Å²) in [5.41, 5.74) is 10.6. The van der Waals surface area contributed by atoms with Crippen LogP contribution < -0.4 is 27.4 Å². The first-order valence-corrected chi connectivity index (χ1v) is 9.76. The lowest BCUT2D eigenvalue weighted by atomic mass is 10.0. The zero-order valence-electron chi connectivity index (χ0n) is 17.3. The first-order valence-electron chi connectivity index (χ1n) is 9.76. The Labute approximate surface area is 175 Å². The summed E-state index contributed by atoms with van der Waals surface area (Å²) < 4.78 is 0. The molecule has 12 heteroatoms. The van der Waals surface area contributed by atoms with Crippen LogP contribution in [0.3, 0.4) is 0 Å². The maximum Gasteiger partial charge on any atom is 0.326 e. The van der Waals surface area contributed by atoms with Gasteiger partial charge >= 0.3 is 11.9 Å². The molecule has 0 radical (unpaired) electrons. The van der Waals surface area contributed by atoms with Crippen molar-refractivity contribution < 1.29 is 34.2 Å². The van der Waals surface area contributed by atoms with Crippen molar-refractivity contribution in [2.24, 2.45) is 17.4 Å². The maximum absolute atomic E-state index is 12.6. The molecule has 172 valence electrons. The number of hydrogen-bond acceptors (Lipinski definition) is 7. The number of unbranched alkanes of at least 4 members (excludes halogenated alkanes) is 1. The van der Waals surface area contributed by atoms with E-state index < -0.39 is 60.8 Å². The monoisotopic (exact) mass is 431 g/mol. The lowest BCUT2D eigenvalue weighted by Crippen LogP contribution is -2.56. The van der Waals surface area contributed by atoms with E-state index in [0.717, 1.165) is 0 Å². The van der Waals surface area contributed by atoms with Crippen LogP contribution in [0.15, 0.2) is 0 Å². The second-order valence-corrected chi connectivity index (χ2v) is 7.30.